The van der Waals surface area contributed by atoms with Crippen molar-refractivity contribution < 1.29 is 13.2 Å². The molecule has 5 nitrogen and oxygen atoms in total. The van der Waals surface area contributed by atoms with E-state index in [-0.39, 0.29) is 23.6 Å². The molecule has 1 saturated heterocycles. The zero-order valence-electron chi connectivity index (χ0n) is 13.2. The Morgan fingerprint density at radius 2 is 2.26 bits per heavy atom. The second-order valence-corrected chi connectivity index (χ2v) is 9.04. The van der Waals surface area contributed by atoms with Crippen molar-refractivity contribution in [1.29, 1.82) is 0 Å². The van der Waals surface area contributed by atoms with Crippen LogP contribution in [0.5, 0.6) is 5.75 Å². The number of sulfone groups is 1. The molecule has 23 heavy (non-hydrogen) atoms. The quantitative estimate of drug-likeness (QED) is 0.779. The SMILES string of the molecule is C=C(C)CSC1=N[C@@H]2CS(=O)(=O)C[C@H]2N1c1cccc(OC)c1. The highest BCUT2D eigenvalue weighted by molar-refractivity contribution is 8.14. The number of nitrogens with zero attached hydrogens (tertiary/aromatic N) is 2. The van der Waals surface area contributed by atoms with Crippen LogP contribution in [-0.2, 0) is 9.84 Å². The Kier molecular flexibility index (Phi) is 4.42. The van der Waals surface area contributed by atoms with Crippen molar-refractivity contribution in [2.75, 3.05) is 29.3 Å². The van der Waals surface area contributed by atoms with Crippen LogP contribution in [-0.4, -0.2) is 50.0 Å². The standard InChI is InChI=1S/C16H20N2O3S2/c1-11(2)8-22-16-17-14-9-23(19,20)10-15(14)18(16)12-5-4-6-13(7-12)21-3/h4-7,14-15H,1,8-10H2,2-3H3/t14-,15-/m1/s1. The predicted octanol–water partition coefficient (Wildman–Crippen LogP) is 2.35. The van der Waals surface area contributed by atoms with Crippen molar-refractivity contribution in [2.45, 2.75) is 19.0 Å². The smallest absolute Gasteiger partial charge is 0.164 e. The van der Waals surface area contributed by atoms with E-state index in [4.69, 9.17) is 4.74 Å². The summed E-state index contributed by atoms with van der Waals surface area (Å²) in [4.78, 5) is 6.72. The molecule has 0 radical (unpaired) electrons. The first-order chi connectivity index (χ1) is 10.9. The van der Waals surface area contributed by atoms with Gasteiger partial charge in [0.1, 0.15) is 5.75 Å². The summed E-state index contributed by atoms with van der Waals surface area (Å²) in [5, 5.41) is 0.867. The third kappa shape index (κ3) is 3.40. The number of aliphatic imine (C=N–C) groups is 1. The molecule has 0 N–H and O–H groups in total. The number of benzene rings is 1. The van der Waals surface area contributed by atoms with Gasteiger partial charge in [0.2, 0.25) is 0 Å². The van der Waals surface area contributed by atoms with E-state index in [9.17, 15) is 8.42 Å². The van der Waals surface area contributed by atoms with Gasteiger partial charge in [-0.05, 0) is 19.1 Å². The van der Waals surface area contributed by atoms with Gasteiger partial charge in [0, 0.05) is 17.5 Å². The minimum absolute atomic E-state index is 0.125. The number of fused-ring (bicyclic) bond motifs is 1. The van der Waals surface area contributed by atoms with Crippen molar-refractivity contribution in [3.63, 3.8) is 0 Å². The summed E-state index contributed by atoms with van der Waals surface area (Å²) in [6.45, 7) is 5.90. The van der Waals surface area contributed by atoms with Crippen LogP contribution in [0.3, 0.4) is 0 Å². The average Bonchev–Trinajstić information content (AvgIpc) is 2.96. The minimum Gasteiger partial charge on any atom is -0.497 e. The van der Waals surface area contributed by atoms with Crippen LogP contribution < -0.4 is 9.64 Å². The Morgan fingerprint density at radius 1 is 1.48 bits per heavy atom. The van der Waals surface area contributed by atoms with Crippen LogP contribution in [0.2, 0.25) is 0 Å². The van der Waals surface area contributed by atoms with Crippen molar-refractivity contribution >= 4 is 32.5 Å². The van der Waals surface area contributed by atoms with E-state index < -0.39 is 9.84 Å². The molecule has 2 atom stereocenters. The van der Waals surface area contributed by atoms with E-state index >= 15 is 0 Å². The highest BCUT2D eigenvalue weighted by Gasteiger charge is 2.47. The highest BCUT2D eigenvalue weighted by atomic mass is 32.2. The molecule has 1 fully saturated rings. The number of hydrogen-bond acceptors (Lipinski definition) is 6. The zero-order chi connectivity index (χ0) is 16.6. The molecule has 0 aliphatic carbocycles. The van der Waals surface area contributed by atoms with Gasteiger partial charge in [0.25, 0.3) is 0 Å². The average molecular weight is 352 g/mol. The lowest BCUT2D eigenvalue weighted by atomic mass is 10.1. The van der Waals surface area contributed by atoms with Crippen molar-refractivity contribution in [2.24, 2.45) is 4.99 Å². The fourth-order valence-electron chi connectivity index (χ4n) is 2.88. The number of amidine groups is 1. The van der Waals surface area contributed by atoms with Gasteiger partial charge >= 0.3 is 0 Å². The van der Waals surface area contributed by atoms with Crippen LogP contribution in [0, 0.1) is 0 Å². The molecule has 1 aromatic rings. The van der Waals surface area contributed by atoms with E-state index in [1.54, 1.807) is 18.9 Å². The Hall–Kier alpha value is -1.47. The summed E-state index contributed by atoms with van der Waals surface area (Å²) in [5.74, 6) is 1.80. The third-order valence-electron chi connectivity index (χ3n) is 3.89. The van der Waals surface area contributed by atoms with Gasteiger partial charge in [-0.25, -0.2) is 8.42 Å². The van der Waals surface area contributed by atoms with Gasteiger partial charge in [-0.15, -0.1) is 0 Å². The fourth-order valence-corrected chi connectivity index (χ4v) is 5.69. The van der Waals surface area contributed by atoms with E-state index in [2.05, 4.69) is 11.6 Å². The highest BCUT2D eigenvalue weighted by Crippen LogP contribution is 2.36. The number of methoxy groups -OCH3 is 1. The predicted molar refractivity (Wildman–Crippen MR) is 96.4 cm³/mol. The van der Waals surface area contributed by atoms with Crippen LogP contribution in [0.15, 0.2) is 41.4 Å². The topological polar surface area (TPSA) is 59.0 Å². The van der Waals surface area contributed by atoms with Crippen LogP contribution in [0.4, 0.5) is 5.69 Å². The first kappa shape index (κ1) is 16.4. The molecule has 3 rings (SSSR count). The summed E-state index contributed by atoms with van der Waals surface area (Å²) in [6, 6.07) is 7.36. The zero-order valence-corrected chi connectivity index (χ0v) is 14.9. The summed E-state index contributed by atoms with van der Waals surface area (Å²) in [6.07, 6.45) is 0. The monoisotopic (exact) mass is 352 g/mol. The van der Waals surface area contributed by atoms with Crippen LogP contribution >= 0.6 is 11.8 Å². The van der Waals surface area contributed by atoms with E-state index in [0.29, 0.717) is 0 Å². The molecule has 1 aromatic carbocycles. The number of thioether (sulfide) groups is 1. The van der Waals surface area contributed by atoms with Crippen molar-refractivity contribution in [3.05, 3.63) is 36.4 Å². The number of ether oxygens (including phenoxy) is 1. The maximum atomic E-state index is 12.0. The molecule has 0 unspecified atom stereocenters. The molecule has 124 valence electrons. The second kappa shape index (κ2) is 6.20. The molecule has 0 aromatic heterocycles. The van der Waals surface area contributed by atoms with Gasteiger partial charge in [-0.3, -0.25) is 4.99 Å². The summed E-state index contributed by atoms with van der Waals surface area (Å²) in [5.41, 5.74) is 1.98. The molecule has 7 heteroatoms. The molecule has 2 heterocycles. The third-order valence-corrected chi connectivity index (χ3v) is 6.78. The normalized spacial score (nSPS) is 25.1. The van der Waals surface area contributed by atoms with E-state index in [1.165, 1.54) is 0 Å². The minimum atomic E-state index is -3.02. The summed E-state index contributed by atoms with van der Waals surface area (Å²) < 4.78 is 29.2. The maximum absolute atomic E-state index is 12.0. The first-order valence-electron chi connectivity index (χ1n) is 7.38. The molecule has 2 aliphatic rings. The summed E-state index contributed by atoms with van der Waals surface area (Å²) >= 11 is 1.61. The fraction of sp³-hybridized carbons (Fsp3) is 0.438. The lowest BCUT2D eigenvalue weighted by Crippen LogP contribution is -2.39. The van der Waals surface area contributed by atoms with E-state index in [0.717, 1.165) is 27.9 Å². The first-order valence-corrected chi connectivity index (χ1v) is 10.2. The van der Waals surface area contributed by atoms with Crippen LogP contribution in [0.1, 0.15) is 6.92 Å². The molecular weight excluding hydrogens is 332 g/mol. The Bertz CT molecular complexity index is 758. The van der Waals surface area contributed by atoms with Crippen molar-refractivity contribution in [3.8, 4) is 5.75 Å². The molecule has 0 bridgehead atoms. The Labute approximate surface area is 141 Å². The van der Waals surface area contributed by atoms with Gasteiger partial charge < -0.3 is 9.64 Å². The maximum Gasteiger partial charge on any atom is 0.164 e. The summed E-state index contributed by atoms with van der Waals surface area (Å²) in [7, 11) is -1.40. The van der Waals surface area contributed by atoms with Gasteiger partial charge in [-0.2, -0.15) is 0 Å². The molecular formula is C16H20N2O3S2. The largest absolute Gasteiger partial charge is 0.497 e. The second-order valence-electron chi connectivity index (χ2n) is 5.94. The van der Waals surface area contributed by atoms with Crippen LogP contribution in [0.25, 0.3) is 0 Å². The van der Waals surface area contributed by atoms with Gasteiger partial charge in [0.15, 0.2) is 15.0 Å². The lowest BCUT2D eigenvalue weighted by Gasteiger charge is -2.26. The lowest BCUT2D eigenvalue weighted by molar-refractivity contribution is 0.415. The van der Waals surface area contributed by atoms with Gasteiger partial charge in [-0.1, -0.05) is 30.0 Å². The number of hydrogen-bond donors (Lipinski definition) is 0. The molecule has 0 amide bonds. The molecule has 2 aliphatic heterocycles. The van der Waals surface area contributed by atoms with Crippen molar-refractivity contribution in [1.82, 2.24) is 0 Å². The molecule has 0 saturated carbocycles. The van der Waals surface area contributed by atoms with Gasteiger partial charge in [0.05, 0.1) is 30.7 Å². The number of anilines is 1. The van der Waals surface area contributed by atoms with E-state index in [1.807, 2.05) is 36.1 Å². The Morgan fingerprint density at radius 3 is 2.96 bits per heavy atom. The Balaban J connectivity index is 1.95. The number of rotatable bonds is 4. The molecule has 0 spiro atoms.